The third-order valence-electron chi connectivity index (χ3n) is 5.15. The Morgan fingerprint density at radius 3 is 2.30 bits per heavy atom. The molecular weight excluding hydrogens is 489 g/mol. The molecule has 0 radical (unpaired) electrons. The van der Waals surface area contributed by atoms with E-state index >= 15 is 0 Å². The molecule has 1 rings (SSSR count). The van der Waals surface area contributed by atoms with E-state index in [1.165, 1.54) is 37.4 Å². The zero-order chi connectivity index (χ0) is 27.8. The molecule has 37 heavy (non-hydrogen) atoms. The topological polar surface area (TPSA) is 204 Å². The van der Waals surface area contributed by atoms with Crippen LogP contribution in [-0.2, 0) is 28.8 Å². The molecule has 202 valence electrons. The van der Waals surface area contributed by atoms with Gasteiger partial charge in [0.15, 0.2) is 24.1 Å². The number of carbonyl (C=O) groups is 5. The number of oxime groups is 1. The van der Waals surface area contributed by atoms with Crippen molar-refractivity contribution in [3.63, 3.8) is 0 Å². The summed E-state index contributed by atoms with van der Waals surface area (Å²) in [6, 6.07) is 5.44. The second kappa shape index (κ2) is 16.5. The Hall–Kier alpha value is -4.16. The number of benzene rings is 1. The van der Waals surface area contributed by atoms with Crippen LogP contribution in [0.3, 0.4) is 0 Å². The molecule has 1 aromatic rings. The van der Waals surface area contributed by atoms with Crippen LogP contribution in [0.5, 0.6) is 0 Å². The number of carbonyl (C=O) groups excluding carboxylic acids is 4. The van der Waals surface area contributed by atoms with Gasteiger partial charge in [0.1, 0.15) is 11.6 Å². The van der Waals surface area contributed by atoms with Gasteiger partial charge in [-0.05, 0) is 37.5 Å². The summed E-state index contributed by atoms with van der Waals surface area (Å²) in [6.45, 7) is 0.597. The molecule has 0 heterocycles. The van der Waals surface area contributed by atoms with Crippen LogP contribution in [-0.4, -0.2) is 66.2 Å². The van der Waals surface area contributed by atoms with Crippen LogP contribution in [0, 0.1) is 17.7 Å². The van der Waals surface area contributed by atoms with E-state index in [9.17, 15) is 28.4 Å². The molecule has 12 nitrogen and oxygen atoms in total. The van der Waals surface area contributed by atoms with Crippen LogP contribution in [0.4, 0.5) is 4.39 Å². The van der Waals surface area contributed by atoms with Crippen LogP contribution in [0.25, 0.3) is 0 Å². The van der Waals surface area contributed by atoms with E-state index in [2.05, 4.69) is 15.5 Å². The first kappa shape index (κ1) is 30.9. The van der Waals surface area contributed by atoms with Crippen molar-refractivity contribution in [1.82, 2.24) is 5.32 Å². The molecule has 6 N–H and O–H groups in total. The number of hydrogen-bond donors (Lipinski definition) is 4. The van der Waals surface area contributed by atoms with Gasteiger partial charge in [-0.25, -0.2) is 4.39 Å². The van der Waals surface area contributed by atoms with Crippen molar-refractivity contribution in [3.8, 4) is 0 Å². The molecule has 0 spiro atoms. The summed E-state index contributed by atoms with van der Waals surface area (Å²) >= 11 is 0. The zero-order valence-corrected chi connectivity index (χ0v) is 20.5. The second-order valence-corrected chi connectivity index (χ2v) is 8.31. The van der Waals surface area contributed by atoms with Crippen molar-refractivity contribution in [2.24, 2.45) is 33.5 Å². The maximum Gasteiger partial charge on any atom is 0.304 e. The Kier molecular flexibility index (Phi) is 13.8. The minimum atomic E-state index is -1.21. The molecule has 0 aliphatic rings. The molecule has 0 aliphatic carbocycles. The van der Waals surface area contributed by atoms with Gasteiger partial charge in [0.05, 0.1) is 19.2 Å². The molecule has 2 unspecified atom stereocenters. The molecule has 1 amide bonds. The Labute approximate surface area is 213 Å². The average Bonchev–Trinajstić information content (AvgIpc) is 2.82. The number of amides is 1. The number of aliphatic carboxylic acids is 1. The lowest BCUT2D eigenvalue weighted by molar-refractivity contribution is -0.141. The van der Waals surface area contributed by atoms with Crippen molar-refractivity contribution >= 4 is 41.4 Å². The van der Waals surface area contributed by atoms with Gasteiger partial charge in [-0.1, -0.05) is 17.3 Å². The van der Waals surface area contributed by atoms with Gasteiger partial charge in [0, 0.05) is 31.2 Å². The predicted octanol–water partition coefficient (Wildman–Crippen LogP) is 0.561. The number of aliphatic imine (C=N–C) groups is 1. The lowest BCUT2D eigenvalue weighted by Crippen LogP contribution is -2.37. The molecule has 2 atom stereocenters. The molecule has 13 heteroatoms. The summed E-state index contributed by atoms with van der Waals surface area (Å²) in [7, 11) is 0. The SMILES string of the molecule is CC(=O)C(CC(=O)O)CC(=O)CNC(=O)C(CCCN=C(N)N)CC(=O)CO/N=C\c1ccc(F)cc1. The fourth-order valence-corrected chi connectivity index (χ4v) is 3.21. The first-order valence-electron chi connectivity index (χ1n) is 11.5. The third-order valence-corrected chi connectivity index (χ3v) is 5.15. The van der Waals surface area contributed by atoms with E-state index in [0.717, 1.165) is 0 Å². The first-order valence-corrected chi connectivity index (χ1v) is 11.5. The number of Topliss-reactive ketones (excluding diaryl/α,β-unsaturated/α-hetero) is 3. The van der Waals surface area contributed by atoms with E-state index in [-0.39, 0.29) is 31.8 Å². The van der Waals surface area contributed by atoms with Crippen LogP contribution in [0.1, 0.15) is 44.6 Å². The van der Waals surface area contributed by atoms with E-state index in [1.54, 1.807) is 0 Å². The maximum absolute atomic E-state index is 12.9. The van der Waals surface area contributed by atoms with E-state index in [0.29, 0.717) is 12.0 Å². The molecule has 0 saturated carbocycles. The normalized spacial score (nSPS) is 12.4. The van der Waals surface area contributed by atoms with E-state index < -0.39 is 66.5 Å². The number of carboxylic acid groups (broad SMARTS) is 1. The molecule has 0 bridgehead atoms. The number of ketones is 3. The minimum Gasteiger partial charge on any atom is -0.481 e. The lowest BCUT2D eigenvalue weighted by Gasteiger charge is -2.16. The first-order chi connectivity index (χ1) is 17.5. The number of hydrogen-bond acceptors (Lipinski definition) is 8. The molecule has 0 saturated heterocycles. The minimum absolute atomic E-state index is 0.114. The van der Waals surface area contributed by atoms with Gasteiger partial charge in [-0.3, -0.25) is 29.0 Å². The molecular formula is C24H32FN5O7. The molecule has 0 aromatic heterocycles. The standard InChI is InChI=1S/C24H32FN5O7/c1-15(31)18(11-22(34)35)10-20(32)13-29-23(36)17(3-2-8-28-24(26)27)9-21(33)14-37-30-12-16-4-6-19(25)7-5-16/h4-7,12,17-18H,2-3,8-11,13-14H2,1H3,(H,29,36)(H,34,35)(H4,26,27,28)/b30-12-. The highest BCUT2D eigenvalue weighted by Crippen LogP contribution is 2.14. The Morgan fingerprint density at radius 1 is 1.05 bits per heavy atom. The highest BCUT2D eigenvalue weighted by Gasteiger charge is 2.25. The van der Waals surface area contributed by atoms with E-state index in [1.807, 2.05) is 0 Å². The van der Waals surface area contributed by atoms with Crippen molar-refractivity contribution in [1.29, 1.82) is 0 Å². The number of nitrogens with one attached hydrogen (secondary N) is 1. The second-order valence-electron chi connectivity index (χ2n) is 8.31. The maximum atomic E-state index is 12.9. The number of nitrogens with two attached hydrogens (primary N) is 2. The monoisotopic (exact) mass is 521 g/mol. The number of nitrogens with zero attached hydrogens (tertiary/aromatic N) is 2. The molecule has 0 fully saturated rings. The van der Waals surface area contributed by atoms with Crippen LogP contribution in [0.15, 0.2) is 34.4 Å². The Balaban J connectivity index is 2.65. The summed E-state index contributed by atoms with van der Waals surface area (Å²) in [4.78, 5) is 68.5. The summed E-state index contributed by atoms with van der Waals surface area (Å²) in [5.41, 5.74) is 11.1. The Morgan fingerprint density at radius 2 is 1.70 bits per heavy atom. The van der Waals surface area contributed by atoms with Crippen LogP contribution < -0.4 is 16.8 Å². The van der Waals surface area contributed by atoms with Crippen molar-refractivity contribution in [3.05, 3.63) is 35.6 Å². The average molecular weight is 522 g/mol. The smallest absolute Gasteiger partial charge is 0.304 e. The number of carboxylic acids is 1. The summed E-state index contributed by atoms with van der Waals surface area (Å²) in [5.74, 6) is -5.48. The molecule has 1 aromatic carbocycles. The Bertz CT molecular complexity index is 1010. The van der Waals surface area contributed by atoms with Gasteiger partial charge in [-0.15, -0.1) is 0 Å². The van der Waals surface area contributed by atoms with Crippen molar-refractivity contribution < 1.29 is 38.3 Å². The summed E-state index contributed by atoms with van der Waals surface area (Å²) in [5, 5.41) is 15.0. The summed E-state index contributed by atoms with van der Waals surface area (Å²) < 4.78 is 12.9. The van der Waals surface area contributed by atoms with Gasteiger partial charge in [-0.2, -0.15) is 0 Å². The fourth-order valence-electron chi connectivity index (χ4n) is 3.21. The van der Waals surface area contributed by atoms with Crippen LogP contribution in [0.2, 0.25) is 0 Å². The lowest BCUT2D eigenvalue weighted by atomic mass is 9.94. The van der Waals surface area contributed by atoms with E-state index in [4.69, 9.17) is 21.4 Å². The highest BCUT2D eigenvalue weighted by atomic mass is 19.1. The van der Waals surface area contributed by atoms with Gasteiger partial charge in [0.25, 0.3) is 0 Å². The number of halogens is 1. The van der Waals surface area contributed by atoms with Crippen LogP contribution >= 0.6 is 0 Å². The summed E-state index contributed by atoms with van der Waals surface area (Å²) in [6.07, 6.45) is 0.901. The zero-order valence-electron chi connectivity index (χ0n) is 20.5. The third kappa shape index (κ3) is 14.1. The van der Waals surface area contributed by atoms with Gasteiger partial charge >= 0.3 is 5.97 Å². The van der Waals surface area contributed by atoms with Crippen molar-refractivity contribution in [2.45, 2.75) is 39.0 Å². The van der Waals surface area contributed by atoms with Gasteiger partial charge in [0.2, 0.25) is 5.91 Å². The predicted molar refractivity (Wildman–Crippen MR) is 132 cm³/mol. The fraction of sp³-hybridized carbons (Fsp3) is 0.458. The van der Waals surface area contributed by atoms with Gasteiger partial charge < -0.3 is 26.7 Å². The van der Waals surface area contributed by atoms with Crippen molar-refractivity contribution in [2.75, 3.05) is 19.7 Å². The number of guanidine groups is 1. The molecule has 0 aliphatic heterocycles. The quantitative estimate of drug-likeness (QED) is 0.0920. The largest absolute Gasteiger partial charge is 0.481 e. The number of rotatable bonds is 18. The highest BCUT2D eigenvalue weighted by molar-refractivity contribution is 5.93.